The minimum Gasteiger partial charge on any atom is -0.369 e. The minimum absolute atomic E-state index is 0.0757. The Balaban J connectivity index is 2.02. The molecule has 0 radical (unpaired) electrons. The average Bonchev–Trinajstić information content (AvgIpc) is 2.49. The number of anilines is 1. The van der Waals surface area contributed by atoms with Crippen molar-refractivity contribution in [3.63, 3.8) is 0 Å². The molecule has 3 N–H and O–H groups in total. The van der Waals surface area contributed by atoms with Crippen molar-refractivity contribution in [2.75, 3.05) is 5.32 Å². The summed E-state index contributed by atoms with van der Waals surface area (Å²) in [5.41, 5.74) is 7.73. The third-order valence-corrected chi connectivity index (χ3v) is 3.52. The number of primary amides is 1. The Morgan fingerprint density at radius 1 is 1.05 bits per heavy atom. The lowest BCUT2D eigenvalue weighted by Gasteiger charge is -2.14. The molecule has 0 aliphatic heterocycles. The second-order valence-corrected chi connectivity index (χ2v) is 5.36. The molecular formula is C18H20N2O2. The summed E-state index contributed by atoms with van der Waals surface area (Å²) in [5, 5.41) is 2.87. The third kappa shape index (κ3) is 4.45. The monoisotopic (exact) mass is 296 g/mol. The van der Waals surface area contributed by atoms with Gasteiger partial charge in [-0.15, -0.1) is 0 Å². The summed E-state index contributed by atoms with van der Waals surface area (Å²) < 4.78 is 0. The molecule has 2 aromatic rings. The number of para-hydroxylation sites is 1. The summed E-state index contributed by atoms with van der Waals surface area (Å²) >= 11 is 0. The first-order valence-electron chi connectivity index (χ1n) is 7.27. The van der Waals surface area contributed by atoms with Crippen LogP contribution in [-0.4, -0.2) is 11.8 Å². The number of rotatable bonds is 6. The van der Waals surface area contributed by atoms with Crippen molar-refractivity contribution in [1.82, 2.24) is 0 Å². The molecule has 2 rings (SSSR count). The normalized spacial score (nSPS) is 11.7. The van der Waals surface area contributed by atoms with Gasteiger partial charge in [0, 0.05) is 12.1 Å². The molecule has 0 fully saturated rings. The highest BCUT2D eigenvalue weighted by molar-refractivity contribution is 5.93. The van der Waals surface area contributed by atoms with Crippen LogP contribution in [0.25, 0.3) is 0 Å². The van der Waals surface area contributed by atoms with E-state index in [2.05, 4.69) is 5.32 Å². The molecule has 0 unspecified atom stereocenters. The molecule has 2 amide bonds. The Kier molecular flexibility index (Phi) is 5.31. The van der Waals surface area contributed by atoms with Crippen molar-refractivity contribution in [3.8, 4) is 0 Å². The Bertz CT molecular complexity index is 653. The number of benzene rings is 2. The fourth-order valence-electron chi connectivity index (χ4n) is 2.36. The summed E-state index contributed by atoms with van der Waals surface area (Å²) in [6, 6.07) is 17.1. The fourth-order valence-corrected chi connectivity index (χ4v) is 2.36. The first-order chi connectivity index (χ1) is 10.6. The topological polar surface area (TPSA) is 72.2 Å². The summed E-state index contributed by atoms with van der Waals surface area (Å²) in [7, 11) is 0. The standard InChI is InChI=1S/C18H20N2O2/c1-13(14-7-3-2-4-8-14)11-18(22)20-16-10-6-5-9-15(16)12-17(19)21/h2-10,13H,11-12H2,1H3,(H2,19,21)(H,20,22)/t13-/m1/s1. The van der Waals surface area contributed by atoms with Gasteiger partial charge >= 0.3 is 0 Å². The highest BCUT2D eigenvalue weighted by Gasteiger charge is 2.13. The predicted molar refractivity (Wildman–Crippen MR) is 87.4 cm³/mol. The van der Waals surface area contributed by atoms with E-state index in [1.54, 1.807) is 12.1 Å². The lowest BCUT2D eigenvalue weighted by atomic mass is 9.97. The summed E-state index contributed by atoms with van der Waals surface area (Å²) in [5.74, 6) is -0.364. The molecule has 0 saturated carbocycles. The van der Waals surface area contributed by atoms with Crippen molar-refractivity contribution in [2.24, 2.45) is 5.73 Å². The van der Waals surface area contributed by atoms with E-state index in [1.165, 1.54) is 0 Å². The van der Waals surface area contributed by atoms with Gasteiger partial charge in [0.15, 0.2) is 0 Å². The molecule has 114 valence electrons. The lowest BCUT2D eigenvalue weighted by molar-refractivity contribution is -0.118. The van der Waals surface area contributed by atoms with Crippen LogP contribution in [0.5, 0.6) is 0 Å². The highest BCUT2D eigenvalue weighted by atomic mass is 16.2. The zero-order chi connectivity index (χ0) is 15.9. The van der Waals surface area contributed by atoms with Crippen LogP contribution in [0.1, 0.15) is 30.4 Å². The Labute approximate surface area is 130 Å². The predicted octanol–water partition coefficient (Wildman–Crippen LogP) is 2.85. The van der Waals surface area contributed by atoms with Crippen molar-refractivity contribution in [3.05, 3.63) is 65.7 Å². The largest absolute Gasteiger partial charge is 0.369 e. The molecular weight excluding hydrogens is 276 g/mol. The first kappa shape index (κ1) is 15.8. The lowest BCUT2D eigenvalue weighted by Crippen LogP contribution is -2.18. The van der Waals surface area contributed by atoms with Gasteiger partial charge < -0.3 is 11.1 Å². The highest BCUT2D eigenvalue weighted by Crippen LogP contribution is 2.21. The van der Waals surface area contributed by atoms with Gasteiger partial charge in [-0.3, -0.25) is 9.59 Å². The molecule has 0 heterocycles. The van der Waals surface area contributed by atoms with Crippen molar-refractivity contribution in [2.45, 2.75) is 25.7 Å². The maximum Gasteiger partial charge on any atom is 0.224 e. The fraction of sp³-hybridized carbons (Fsp3) is 0.222. The summed E-state index contributed by atoms with van der Waals surface area (Å²) in [6.45, 7) is 2.02. The van der Waals surface area contributed by atoms with Gasteiger partial charge in [-0.05, 0) is 23.1 Å². The number of hydrogen-bond acceptors (Lipinski definition) is 2. The van der Waals surface area contributed by atoms with Gasteiger partial charge in [0.05, 0.1) is 6.42 Å². The van der Waals surface area contributed by atoms with Gasteiger partial charge in [-0.25, -0.2) is 0 Å². The maximum absolute atomic E-state index is 12.2. The van der Waals surface area contributed by atoms with Crippen molar-refractivity contribution < 1.29 is 9.59 Å². The molecule has 22 heavy (non-hydrogen) atoms. The molecule has 0 bridgehead atoms. The average molecular weight is 296 g/mol. The van der Waals surface area contributed by atoms with Crippen LogP contribution in [-0.2, 0) is 16.0 Å². The Hall–Kier alpha value is -2.62. The van der Waals surface area contributed by atoms with Crippen LogP contribution in [0.4, 0.5) is 5.69 Å². The first-order valence-corrected chi connectivity index (χ1v) is 7.27. The number of carbonyl (C=O) groups is 2. The molecule has 4 heteroatoms. The smallest absolute Gasteiger partial charge is 0.224 e. The number of hydrogen-bond donors (Lipinski definition) is 2. The minimum atomic E-state index is -0.417. The van der Waals surface area contributed by atoms with Crippen LogP contribution in [0.3, 0.4) is 0 Å². The van der Waals surface area contributed by atoms with Crippen LogP contribution in [0, 0.1) is 0 Å². The van der Waals surface area contributed by atoms with Crippen molar-refractivity contribution >= 4 is 17.5 Å². The van der Waals surface area contributed by atoms with Crippen LogP contribution >= 0.6 is 0 Å². The van der Waals surface area contributed by atoms with E-state index in [1.807, 2.05) is 49.4 Å². The van der Waals surface area contributed by atoms with Gasteiger partial charge in [0.25, 0.3) is 0 Å². The quantitative estimate of drug-likeness (QED) is 0.860. The van der Waals surface area contributed by atoms with Gasteiger partial charge in [0.2, 0.25) is 11.8 Å². The molecule has 4 nitrogen and oxygen atoms in total. The second-order valence-electron chi connectivity index (χ2n) is 5.36. The maximum atomic E-state index is 12.2. The van der Waals surface area contributed by atoms with E-state index in [9.17, 15) is 9.59 Å². The Morgan fingerprint density at radius 2 is 1.68 bits per heavy atom. The number of nitrogens with one attached hydrogen (secondary N) is 1. The number of carbonyl (C=O) groups excluding carboxylic acids is 2. The van der Waals surface area contributed by atoms with E-state index in [0.29, 0.717) is 12.1 Å². The molecule has 0 aliphatic carbocycles. The van der Waals surface area contributed by atoms with Crippen molar-refractivity contribution in [1.29, 1.82) is 0 Å². The number of nitrogens with two attached hydrogens (primary N) is 1. The molecule has 0 spiro atoms. The summed E-state index contributed by atoms with van der Waals surface area (Å²) in [6.07, 6.45) is 0.500. The van der Waals surface area contributed by atoms with Crippen LogP contribution in [0.2, 0.25) is 0 Å². The molecule has 0 aromatic heterocycles. The number of amides is 2. The zero-order valence-electron chi connectivity index (χ0n) is 12.6. The summed E-state index contributed by atoms with van der Waals surface area (Å²) in [4.78, 5) is 23.3. The third-order valence-electron chi connectivity index (χ3n) is 3.52. The Morgan fingerprint density at radius 3 is 2.36 bits per heavy atom. The van der Waals surface area contributed by atoms with E-state index >= 15 is 0 Å². The molecule has 1 atom stereocenters. The molecule has 2 aromatic carbocycles. The second kappa shape index (κ2) is 7.41. The van der Waals surface area contributed by atoms with Crippen LogP contribution < -0.4 is 11.1 Å². The van der Waals surface area contributed by atoms with E-state index < -0.39 is 5.91 Å². The molecule has 0 aliphatic rings. The van der Waals surface area contributed by atoms with E-state index in [4.69, 9.17) is 5.73 Å². The van der Waals surface area contributed by atoms with Crippen LogP contribution in [0.15, 0.2) is 54.6 Å². The van der Waals surface area contributed by atoms with E-state index in [-0.39, 0.29) is 18.2 Å². The SMILES string of the molecule is C[C@H](CC(=O)Nc1ccccc1CC(N)=O)c1ccccc1. The van der Waals surface area contributed by atoms with Gasteiger partial charge in [0.1, 0.15) is 0 Å². The molecule has 0 saturated heterocycles. The zero-order valence-corrected chi connectivity index (χ0v) is 12.6. The van der Waals surface area contributed by atoms with Gasteiger partial charge in [-0.2, -0.15) is 0 Å². The van der Waals surface area contributed by atoms with E-state index in [0.717, 1.165) is 11.1 Å². The van der Waals surface area contributed by atoms with Gasteiger partial charge in [-0.1, -0.05) is 55.5 Å².